The summed E-state index contributed by atoms with van der Waals surface area (Å²) in [5.41, 5.74) is 1.23. The van der Waals surface area contributed by atoms with Crippen LogP contribution in [0.25, 0.3) is 0 Å². The van der Waals surface area contributed by atoms with Crippen LogP contribution in [0.15, 0.2) is 30.3 Å². The number of likely N-dealkylation sites (tertiary alicyclic amines) is 1. The van der Waals surface area contributed by atoms with Crippen molar-refractivity contribution in [2.45, 2.75) is 19.4 Å². The van der Waals surface area contributed by atoms with Crippen molar-refractivity contribution in [1.82, 2.24) is 10.2 Å². The van der Waals surface area contributed by atoms with E-state index in [0.29, 0.717) is 13.1 Å². The molecule has 0 saturated carbocycles. The van der Waals surface area contributed by atoms with E-state index >= 15 is 0 Å². The van der Waals surface area contributed by atoms with E-state index in [4.69, 9.17) is 5.14 Å². The van der Waals surface area contributed by atoms with Gasteiger partial charge in [0, 0.05) is 32.0 Å². The number of benzene rings is 1. The molecule has 6 nitrogen and oxygen atoms in total. The van der Waals surface area contributed by atoms with Gasteiger partial charge in [-0.3, -0.25) is 4.79 Å². The molecule has 0 aromatic heterocycles. The van der Waals surface area contributed by atoms with Crippen molar-refractivity contribution in [2.75, 3.05) is 25.4 Å². The van der Waals surface area contributed by atoms with Crippen LogP contribution >= 0.6 is 0 Å². The SMILES string of the molecule is NS(=O)(=O)CC1CC(=O)N(CCCNCc2ccccc2)C1. The Hall–Kier alpha value is -1.44. The smallest absolute Gasteiger partial charge is 0.222 e. The first kappa shape index (κ1) is 16.9. The van der Waals surface area contributed by atoms with Crippen molar-refractivity contribution in [2.24, 2.45) is 11.1 Å². The Morgan fingerprint density at radius 1 is 1.27 bits per heavy atom. The zero-order chi connectivity index (χ0) is 16.0. The summed E-state index contributed by atoms with van der Waals surface area (Å²) >= 11 is 0. The van der Waals surface area contributed by atoms with Gasteiger partial charge in [0.05, 0.1) is 5.75 Å². The highest BCUT2D eigenvalue weighted by Gasteiger charge is 2.31. The number of sulfonamides is 1. The van der Waals surface area contributed by atoms with Crippen LogP contribution in [0.4, 0.5) is 0 Å². The maximum Gasteiger partial charge on any atom is 0.222 e. The van der Waals surface area contributed by atoms with Crippen LogP contribution in [0.1, 0.15) is 18.4 Å². The van der Waals surface area contributed by atoms with Crippen molar-refractivity contribution in [3.05, 3.63) is 35.9 Å². The molecule has 1 fully saturated rings. The molecular weight excluding hydrogens is 302 g/mol. The number of primary sulfonamides is 1. The highest BCUT2D eigenvalue weighted by molar-refractivity contribution is 7.89. The lowest BCUT2D eigenvalue weighted by molar-refractivity contribution is -0.127. The maximum absolute atomic E-state index is 11.8. The van der Waals surface area contributed by atoms with Crippen LogP contribution in [0, 0.1) is 5.92 Å². The zero-order valence-corrected chi connectivity index (χ0v) is 13.4. The second-order valence-electron chi connectivity index (χ2n) is 5.76. The number of hydrogen-bond donors (Lipinski definition) is 2. The molecule has 1 aromatic carbocycles. The quantitative estimate of drug-likeness (QED) is 0.673. The molecule has 22 heavy (non-hydrogen) atoms. The number of nitrogens with zero attached hydrogens (tertiary/aromatic N) is 1. The van der Waals surface area contributed by atoms with Crippen LogP contribution < -0.4 is 10.5 Å². The van der Waals surface area contributed by atoms with Gasteiger partial charge in [-0.25, -0.2) is 13.6 Å². The molecule has 1 aromatic rings. The Bertz CT molecular complexity index is 589. The number of carbonyl (C=O) groups excluding carboxylic acids is 1. The van der Waals surface area contributed by atoms with E-state index in [0.717, 1.165) is 19.5 Å². The number of rotatable bonds is 8. The lowest BCUT2D eigenvalue weighted by Gasteiger charge is -2.16. The van der Waals surface area contributed by atoms with E-state index in [1.54, 1.807) is 4.90 Å². The Kier molecular flexibility index (Phi) is 5.93. The number of hydrogen-bond acceptors (Lipinski definition) is 4. The van der Waals surface area contributed by atoms with Gasteiger partial charge < -0.3 is 10.2 Å². The Morgan fingerprint density at radius 3 is 2.68 bits per heavy atom. The molecule has 0 spiro atoms. The highest BCUT2D eigenvalue weighted by atomic mass is 32.2. The first-order valence-electron chi connectivity index (χ1n) is 7.47. The molecule has 0 aliphatic carbocycles. The first-order chi connectivity index (χ1) is 10.4. The monoisotopic (exact) mass is 325 g/mol. The summed E-state index contributed by atoms with van der Waals surface area (Å²) in [6.45, 7) is 2.77. The maximum atomic E-state index is 11.8. The van der Waals surface area contributed by atoms with Crippen LogP contribution in [-0.4, -0.2) is 44.6 Å². The van der Waals surface area contributed by atoms with Crippen LogP contribution in [-0.2, 0) is 21.4 Å². The number of nitrogens with two attached hydrogens (primary N) is 1. The van der Waals surface area contributed by atoms with Crippen molar-refractivity contribution in [1.29, 1.82) is 0 Å². The van der Waals surface area contributed by atoms with E-state index in [2.05, 4.69) is 17.4 Å². The lowest BCUT2D eigenvalue weighted by Crippen LogP contribution is -2.30. The van der Waals surface area contributed by atoms with Gasteiger partial charge in [0.25, 0.3) is 0 Å². The summed E-state index contributed by atoms with van der Waals surface area (Å²) in [6, 6.07) is 10.1. The predicted octanol–water partition coefficient (Wildman–Crippen LogP) is 0.303. The first-order valence-corrected chi connectivity index (χ1v) is 9.18. The summed E-state index contributed by atoms with van der Waals surface area (Å²) in [7, 11) is -3.51. The predicted molar refractivity (Wildman–Crippen MR) is 85.4 cm³/mol. The molecule has 1 atom stereocenters. The second-order valence-corrected chi connectivity index (χ2v) is 7.41. The lowest BCUT2D eigenvalue weighted by atomic mass is 10.1. The molecule has 1 heterocycles. The Morgan fingerprint density at radius 2 is 2.00 bits per heavy atom. The van der Waals surface area contributed by atoms with E-state index < -0.39 is 10.0 Å². The van der Waals surface area contributed by atoms with E-state index in [1.165, 1.54) is 5.56 Å². The molecule has 122 valence electrons. The average molecular weight is 325 g/mol. The van der Waals surface area contributed by atoms with Crippen LogP contribution in [0.5, 0.6) is 0 Å². The molecule has 0 radical (unpaired) electrons. The summed E-state index contributed by atoms with van der Waals surface area (Å²) in [6.07, 6.45) is 1.13. The molecule has 1 aliphatic heterocycles. The molecule has 1 saturated heterocycles. The van der Waals surface area contributed by atoms with Gasteiger partial charge in [0.1, 0.15) is 0 Å². The third-order valence-electron chi connectivity index (χ3n) is 3.72. The summed E-state index contributed by atoms with van der Waals surface area (Å²) < 4.78 is 22.1. The normalized spacial score (nSPS) is 18.9. The van der Waals surface area contributed by atoms with Gasteiger partial charge in [-0.05, 0) is 18.5 Å². The topological polar surface area (TPSA) is 92.5 Å². The fourth-order valence-electron chi connectivity index (χ4n) is 2.73. The highest BCUT2D eigenvalue weighted by Crippen LogP contribution is 2.18. The third-order valence-corrected chi connectivity index (χ3v) is 4.65. The Balaban J connectivity index is 1.64. The van der Waals surface area contributed by atoms with Crippen molar-refractivity contribution < 1.29 is 13.2 Å². The molecule has 2 rings (SSSR count). The van der Waals surface area contributed by atoms with E-state index in [-0.39, 0.29) is 24.0 Å². The standard InChI is InChI=1S/C15H23N3O3S/c16-22(20,21)12-14-9-15(19)18(11-14)8-4-7-17-10-13-5-2-1-3-6-13/h1-3,5-6,14,17H,4,7-12H2,(H2,16,20,21). The minimum Gasteiger partial charge on any atom is -0.342 e. The average Bonchev–Trinajstić information content (AvgIpc) is 2.77. The molecule has 7 heteroatoms. The van der Waals surface area contributed by atoms with Gasteiger partial charge in [0.2, 0.25) is 15.9 Å². The second kappa shape index (κ2) is 7.71. The van der Waals surface area contributed by atoms with E-state index in [1.807, 2.05) is 18.2 Å². The largest absolute Gasteiger partial charge is 0.342 e. The minimum absolute atomic E-state index is 0.0247. The van der Waals surface area contributed by atoms with Crippen molar-refractivity contribution in [3.8, 4) is 0 Å². The van der Waals surface area contributed by atoms with Crippen molar-refractivity contribution >= 4 is 15.9 Å². The minimum atomic E-state index is -3.51. The van der Waals surface area contributed by atoms with Gasteiger partial charge in [-0.15, -0.1) is 0 Å². The summed E-state index contributed by atoms with van der Waals surface area (Å²) in [5, 5.41) is 8.37. The molecule has 1 aliphatic rings. The fraction of sp³-hybridized carbons (Fsp3) is 0.533. The van der Waals surface area contributed by atoms with Gasteiger partial charge in [-0.2, -0.15) is 0 Å². The summed E-state index contributed by atoms with van der Waals surface area (Å²) in [5.74, 6) is -0.252. The molecule has 1 amide bonds. The van der Waals surface area contributed by atoms with Gasteiger partial charge in [-0.1, -0.05) is 30.3 Å². The molecule has 3 N–H and O–H groups in total. The van der Waals surface area contributed by atoms with Gasteiger partial charge in [0.15, 0.2) is 0 Å². The van der Waals surface area contributed by atoms with Crippen LogP contribution in [0.3, 0.4) is 0 Å². The fourth-order valence-corrected chi connectivity index (χ4v) is 3.61. The van der Waals surface area contributed by atoms with Crippen LogP contribution in [0.2, 0.25) is 0 Å². The van der Waals surface area contributed by atoms with Crippen molar-refractivity contribution in [3.63, 3.8) is 0 Å². The van der Waals surface area contributed by atoms with Gasteiger partial charge >= 0.3 is 0 Å². The van der Waals surface area contributed by atoms with E-state index in [9.17, 15) is 13.2 Å². The Labute approximate surface area is 131 Å². The zero-order valence-electron chi connectivity index (χ0n) is 12.6. The third kappa shape index (κ3) is 5.75. The number of amides is 1. The molecular formula is C15H23N3O3S. The number of nitrogens with one attached hydrogen (secondary N) is 1. The molecule has 1 unspecified atom stereocenters. The summed E-state index contributed by atoms with van der Waals surface area (Å²) in [4.78, 5) is 13.6. The molecule has 0 bridgehead atoms. The number of carbonyl (C=O) groups is 1.